The number of hydrogen-bond acceptors (Lipinski definition) is 3. The molecule has 1 unspecified atom stereocenters. The van der Waals surface area contributed by atoms with Crippen LogP contribution in [0.1, 0.15) is 32.1 Å². The third-order valence-electron chi connectivity index (χ3n) is 4.19. The van der Waals surface area contributed by atoms with E-state index in [-0.39, 0.29) is 17.8 Å². The molecule has 23 heavy (non-hydrogen) atoms. The Balaban J connectivity index is 1.54. The molecule has 3 rings (SSSR count). The van der Waals surface area contributed by atoms with Crippen LogP contribution in [0.15, 0.2) is 23.2 Å². The maximum absolute atomic E-state index is 13.5. The van der Waals surface area contributed by atoms with Crippen LogP contribution in [0.2, 0.25) is 0 Å². The van der Waals surface area contributed by atoms with E-state index < -0.39 is 17.4 Å². The molecule has 1 saturated carbocycles. The van der Waals surface area contributed by atoms with Gasteiger partial charge in [-0.2, -0.15) is 0 Å². The van der Waals surface area contributed by atoms with E-state index in [9.17, 15) is 8.78 Å². The fraction of sp³-hybridized carbons (Fsp3) is 0.562. The highest BCUT2D eigenvalue weighted by Crippen LogP contribution is 2.37. The summed E-state index contributed by atoms with van der Waals surface area (Å²) in [5, 5.41) is 2.56. The lowest BCUT2D eigenvalue weighted by Gasteiger charge is -2.31. The standard InChI is InChI=1S/C16H21F2N3O2/c17-11-4-5-13(18)14(8-11)21-15(19)20-9-12-10-22-16(23-12)6-2-1-3-7-16/h4-5,8,12H,1-3,6-7,9-10H2,(H3,19,20,21). The van der Waals surface area contributed by atoms with Crippen LogP contribution in [-0.4, -0.2) is 31.0 Å². The molecule has 126 valence electrons. The number of rotatable bonds is 3. The maximum atomic E-state index is 13.5. The van der Waals surface area contributed by atoms with Gasteiger partial charge in [-0.25, -0.2) is 8.78 Å². The lowest BCUT2D eigenvalue weighted by Crippen LogP contribution is -2.34. The van der Waals surface area contributed by atoms with E-state index in [1.807, 2.05) is 0 Å². The molecule has 0 bridgehead atoms. The molecule has 0 amide bonds. The smallest absolute Gasteiger partial charge is 0.193 e. The summed E-state index contributed by atoms with van der Waals surface area (Å²) in [6.45, 7) is 0.794. The van der Waals surface area contributed by atoms with E-state index >= 15 is 0 Å². The number of guanidine groups is 1. The van der Waals surface area contributed by atoms with Gasteiger partial charge in [0.2, 0.25) is 0 Å². The Bertz CT molecular complexity index is 589. The number of halogens is 2. The summed E-state index contributed by atoms with van der Waals surface area (Å²) >= 11 is 0. The van der Waals surface area contributed by atoms with Crippen molar-refractivity contribution in [1.82, 2.24) is 0 Å². The first-order valence-electron chi connectivity index (χ1n) is 7.90. The van der Waals surface area contributed by atoms with Crippen LogP contribution < -0.4 is 11.1 Å². The Morgan fingerprint density at radius 2 is 2.09 bits per heavy atom. The molecule has 2 aliphatic rings. The van der Waals surface area contributed by atoms with Gasteiger partial charge in [0.25, 0.3) is 0 Å². The van der Waals surface area contributed by atoms with Gasteiger partial charge in [0, 0.05) is 18.9 Å². The van der Waals surface area contributed by atoms with Crippen LogP contribution in [0.4, 0.5) is 14.5 Å². The molecule has 0 radical (unpaired) electrons. The molecule has 1 aliphatic heterocycles. The van der Waals surface area contributed by atoms with Gasteiger partial charge < -0.3 is 20.5 Å². The predicted molar refractivity (Wildman–Crippen MR) is 83.1 cm³/mol. The van der Waals surface area contributed by atoms with E-state index in [1.54, 1.807) is 0 Å². The molecule has 1 aromatic rings. The van der Waals surface area contributed by atoms with Gasteiger partial charge in [-0.1, -0.05) is 6.42 Å². The molecule has 1 aliphatic carbocycles. The quantitative estimate of drug-likeness (QED) is 0.662. The minimum Gasteiger partial charge on any atom is -0.370 e. The number of aliphatic imine (C=N–C) groups is 1. The number of nitrogens with zero attached hydrogens (tertiary/aromatic N) is 1. The summed E-state index contributed by atoms with van der Waals surface area (Å²) in [4.78, 5) is 4.14. The molecule has 1 heterocycles. The fourth-order valence-corrected chi connectivity index (χ4v) is 3.03. The van der Waals surface area contributed by atoms with Crippen LogP contribution in [0.3, 0.4) is 0 Å². The third kappa shape index (κ3) is 3.97. The SMILES string of the molecule is NC(=NCC1COC2(CCCCC2)O1)Nc1cc(F)ccc1F. The van der Waals surface area contributed by atoms with Gasteiger partial charge in [-0.05, 0) is 25.0 Å². The average molecular weight is 325 g/mol. The van der Waals surface area contributed by atoms with E-state index in [2.05, 4.69) is 10.3 Å². The van der Waals surface area contributed by atoms with E-state index in [4.69, 9.17) is 15.2 Å². The summed E-state index contributed by atoms with van der Waals surface area (Å²) < 4.78 is 38.4. The zero-order valence-corrected chi connectivity index (χ0v) is 12.9. The molecule has 3 N–H and O–H groups in total. The Morgan fingerprint density at radius 1 is 1.30 bits per heavy atom. The normalized spacial score (nSPS) is 24.1. The average Bonchev–Trinajstić information content (AvgIpc) is 2.92. The molecule has 5 nitrogen and oxygen atoms in total. The topological polar surface area (TPSA) is 68.9 Å². The van der Waals surface area contributed by atoms with Crippen LogP contribution in [-0.2, 0) is 9.47 Å². The number of anilines is 1. The largest absolute Gasteiger partial charge is 0.370 e. The number of benzene rings is 1. The highest BCUT2D eigenvalue weighted by atomic mass is 19.1. The molecule has 2 fully saturated rings. The minimum absolute atomic E-state index is 0.0164. The van der Waals surface area contributed by atoms with E-state index in [0.717, 1.165) is 43.9 Å². The summed E-state index contributed by atoms with van der Waals surface area (Å²) in [5.41, 5.74) is 5.68. The van der Waals surface area contributed by atoms with Gasteiger partial charge in [-0.15, -0.1) is 0 Å². The van der Waals surface area contributed by atoms with Gasteiger partial charge in [0.15, 0.2) is 11.7 Å². The summed E-state index contributed by atoms with van der Waals surface area (Å²) in [6.07, 6.45) is 5.10. The van der Waals surface area contributed by atoms with E-state index in [1.165, 1.54) is 6.42 Å². The molecule has 1 spiro atoms. The second-order valence-corrected chi connectivity index (χ2v) is 6.00. The number of hydrogen-bond donors (Lipinski definition) is 2. The van der Waals surface area contributed by atoms with Crippen LogP contribution in [0.25, 0.3) is 0 Å². The maximum Gasteiger partial charge on any atom is 0.193 e. The molecule has 1 aromatic carbocycles. The summed E-state index contributed by atoms with van der Waals surface area (Å²) in [5.74, 6) is -1.57. The molecular formula is C16H21F2N3O2. The van der Waals surface area contributed by atoms with Crippen LogP contribution >= 0.6 is 0 Å². The Kier molecular flexibility index (Phi) is 4.77. The van der Waals surface area contributed by atoms with Gasteiger partial charge in [0.1, 0.15) is 17.7 Å². The highest BCUT2D eigenvalue weighted by molar-refractivity contribution is 5.92. The number of nitrogens with two attached hydrogens (primary N) is 1. The highest BCUT2D eigenvalue weighted by Gasteiger charge is 2.41. The first-order chi connectivity index (χ1) is 11.1. The first kappa shape index (κ1) is 16.1. The number of nitrogens with one attached hydrogen (secondary N) is 1. The van der Waals surface area contributed by atoms with Crippen molar-refractivity contribution in [2.75, 3.05) is 18.5 Å². The second kappa shape index (κ2) is 6.80. The monoisotopic (exact) mass is 325 g/mol. The lowest BCUT2D eigenvalue weighted by molar-refractivity contribution is -0.186. The second-order valence-electron chi connectivity index (χ2n) is 6.00. The van der Waals surface area contributed by atoms with Crippen LogP contribution in [0, 0.1) is 11.6 Å². The Labute approximate surface area is 133 Å². The van der Waals surface area contributed by atoms with Crippen molar-refractivity contribution < 1.29 is 18.3 Å². The van der Waals surface area contributed by atoms with Crippen molar-refractivity contribution in [3.63, 3.8) is 0 Å². The van der Waals surface area contributed by atoms with Gasteiger partial charge in [0.05, 0.1) is 18.8 Å². The molecular weight excluding hydrogens is 304 g/mol. The Hall–Kier alpha value is -1.73. The van der Waals surface area contributed by atoms with Crippen molar-refractivity contribution in [3.05, 3.63) is 29.8 Å². The fourth-order valence-electron chi connectivity index (χ4n) is 3.03. The minimum atomic E-state index is -0.592. The molecule has 7 heteroatoms. The van der Waals surface area contributed by atoms with Gasteiger partial charge >= 0.3 is 0 Å². The van der Waals surface area contributed by atoms with Crippen molar-refractivity contribution in [2.24, 2.45) is 10.7 Å². The first-order valence-corrected chi connectivity index (χ1v) is 7.90. The predicted octanol–water partition coefficient (Wildman–Crippen LogP) is 2.77. The van der Waals surface area contributed by atoms with Crippen molar-refractivity contribution in [2.45, 2.75) is 44.0 Å². The lowest BCUT2D eigenvalue weighted by atomic mass is 9.94. The van der Waals surface area contributed by atoms with Crippen molar-refractivity contribution in [1.29, 1.82) is 0 Å². The molecule has 0 aromatic heterocycles. The Morgan fingerprint density at radius 3 is 2.87 bits per heavy atom. The van der Waals surface area contributed by atoms with Crippen molar-refractivity contribution in [3.8, 4) is 0 Å². The molecule has 1 saturated heterocycles. The summed E-state index contributed by atoms with van der Waals surface area (Å²) in [6, 6.07) is 3.11. The third-order valence-corrected chi connectivity index (χ3v) is 4.19. The van der Waals surface area contributed by atoms with Crippen LogP contribution in [0.5, 0.6) is 0 Å². The van der Waals surface area contributed by atoms with Gasteiger partial charge in [-0.3, -0.25) is 4.99 Å². The zero-order valence-electron chi connectivity index (χ0n) is 12.9. The molecule has 1 atom stereocenters. The van der Waals surface area contributed by atoms with Crippen molar-refractivity contribution >= 4 is 11.6 Å². The summed E-state index contributed by atoms with van der Waals surface area (Å²) in [7, 11) is 0. The zero-order chi connectivity index (χ0) is 16.3. The van der Waals surface area contributed by atoms with E-state index in [0.29, 0.717) is 13.2 Å². The number of ether oxygens (including phenoxy) is 2.